The van der Waals surface area contributed by atoms with E-state index in [-0.39, 0.29) is 24.0 Å². The molecular weight excluding hydrogens is 478 g/mol. The van der Waals surface area contributed by atoms with E-state index in [1.165, 1.54) is 0 Å². The summed E-state index contributed by atoms with van der Waals surface area (Å²) in [6.45, 7) is 0. The first-order valence-corrected chi connectivity index (χ1v) is 12.2. The third-order valence-electron chi connectivity index (χ3n) is 6.50. The Labute approximate surface area is 194 Å². The van der Waals surface area contributed by atoms with E-state index in [1.54, 1.807) is 31.0 Å². The number of nitrogens with two attached hydrogens (primary N) is 1. The minimum Gasteiger partial charge on any atom is -0.497 e. The second-order valence-electron chi connectivity index (χ2n) is 8.28. The van der Waals surface area contributed by atoms with Gasteiger partial charge >= 0.3 is 0 Å². The topological polar surface area (TPSA) is 85.9 Å². The molecule has 1 fully saturated rings. The summed E-state index contributed by atoms with van der Waals surface area (Å²) >= 11 is 5.20. The van der Waals surface area contributed by atoms with Gasteiger partial charge < -0.3 is 20.5 Å². The number of ether oxygens (including phenoxy) is 2. The maximum Gasteiger partial charge on any atom is 0.251 e. The second-order valence-corrected chi connectivity index (χ2v) is 10.2. The molecule has 6 nitrogen and oxygen atoms in total. The van der Waals surface area contributed by atoms with Crippen LogP contribution in [-0.2, 0) is 5.54 Å². The standard InChI is InChI=1S/C23H24BrN3O3S/c1-29-16-4-2-3-13(9-16)21(28)26-15-6-8-20-18(11-15)23(12-31-22(25)27-23)17-10-14(24)5-7-19(17)30-20/h2-5,7,9-10,15,18,20H,6,8,11-12H2,1H3,(H2,25,27)(H,26,28). The van der Waals surface area contributed by atoms with E-state index >= 15 is 0 Å². The molecule has 1 amide bonds. The Hall–Kier alpha value is -2.19. The van der Waals surface area contributed by atoms with Gasteiger partial charge in [0.2, 0.25) is 0 Å². The van der Waals surface area contributed by atoms with E-state index in [1.807, 2.05) is 24.3 Å². The van der Waals surface area contributed by atoms with Crippen LogP contribution in [0.25, 0.3) is 0 Å². The number of hydrogen-bond donors (Lipinski definition) is 2. The van der Waals surface area contributed by atoms with Crippen molar-refractivity contribution in [2.75, 3.05) is 12.9 Å². The molecule has 1 aliphatic carbocycles. The fourth-order valence-electron chi connectivity index (χ4n) is 5.03. The average molecular weight is 502 g/mol. The lowest BCUT2D eigenvalue weighted by atomic mass is 9.67. The minimum absolute atomic E-state index is 0.0520. The van der Waals surface area contributed by atoms with Crippen LogP contribution in [0.1, 0.15) is 35.2 Å². The number of hydrogen-bond acceptors (Lipinski definition) is 6. The zero-order valence-electron chi connectivity index (χ0n) is 17.1. The molecule has 162 valence electrons. The highest BCUT2D eigenvalue weighted by molar-refractivity contribution is 9.10. The Morgan fingerprint density at radius 3 is 2.97 bits per heavy atom. The van der Waals surface area contributed by atoms with Gasteiger partial charge in [0.15, 0.2) is 5.17 Å². The summed E-state index contributed by atoms with van der Waals surface area (Å²) in [6, 6.07) is 13.4. The van der Waals surface area contributed by atoms with Crippen molar-refractivity contribution in [3.05, 3.63) is 58.1 Å². The third-order valence-corrected chi connectivity index (χ3v) is 7.97. The molecule has 2 aromatic carbocycles. The highest BCUT2D eigenvalue weighted by atomic mass is 79.9. The molecule has 0 saturated heterocycles. The fourth-order valence-corrected chi connectivity index (χ4v) is 6.42. The van der Waals surface area contributed by atoms with Gasteiger partial charge in [-0.2, -0.15) is 0 Å². The number of benzene rings is 2. The van der Waals surface area contributed by atoms with Gasteiger partial charge in [-0.15, -0.1) is 0 Å². The minimum atomic E-state index is -0.420. The summed E-state index contributed by atoms with van der Waals surface area (Å²) in [5.74, 6) is 2.42. The normalized spacial score (nSPS) is 28.8. The molecule has 4 unspecified atom stereocenters. The van der Waals surface area contributed by atoms with Crippen LogP contribution >= 0.6 is 27.7 Å². The first kappa shape index (κ1) is 20.7. The van der Waals surface area contributed by atoms with Crippen molar-refractivity contribution in [1.82, 2.24) is 5.32 Å². The number of thioether (sulfide) groups is 1. The van der Waals surface area contributed by atoms with Gasteiger partial charge in [-0.3, -0.25) is 4.79 Å². The van der Waals surface area contributed by atoms with E-state index in [2.05, 4.69) is 27.3 Å². The summed E-state index contributed by atoms with van der Waals surface area (Å²) in [7, 11) is 1.60. The van der Waals surface area contributed by atoms with Crippen molar-refractivity contribution in [3.63, 3.8) is 0 Å². The van der Waals surface area contributed by atoms with E-state index in [9.17, 15) is 4.79 Å². The Morgan fingerprint density at radius 1 is 1.32 bits per heavy atom. The number of carbonyl (C=O) groups excluding carboxylic acids is 1. The molecular formula is C23H24BrN3O3S. The molecule has 5 rings (SSSR count). The summed E-state index contributed by atoms with van der Waals surface area (Å²) in [6.07, 6.45) is 2.59. The summed E-state index contributed by atoms with van der Waals surface area (Å²) in [5, 5.41) is 3.85. The second kappa shape index (κ2) is 8.06. The number of carbonyl (C=O) groups is 1. The Bertz CT molecular complexity index is 1060. The number of fused-ring (bicyclic) bond motifs is 4. The summed E-state index contributed by atoms with van der Waals surface area (Å²) in [4.78, 5) is 17.9. The number of amides is 1. The smallest absolute Gasteiger partial charge is 0.251 e. The third kappa shape index (κ3) is 3.69. The highest BCUT2D eigenvalue weighted by Gasteiger charge is 2.54. The van der Waals surface area contributed by atoms with Gasteiger partial charge in [0.05, 0.1) is 7.11 Å². The molecule has 8 heteroatoms. The van der Waals surface area contributed by atoms with Gasteiger partial charge in [0.25, 0.3) is 5.91 Å². The number of nitrogens with one attached hydrogen (secondary N) is 1. The summed E-state index contributed by atoms with van der Waals surface area (Å²) < 4.78 is 12.7. The van der Waals surface area contributed by atoms with Gasteiger partial charge in [-0.05, 0) is 55.7 Å². The Kier molecular flexibility index (Phi) is 5.38. The van der Waals surface area contributed by atoms with Crippen LogP contribution < -0.4 is 20.5 Å². The Balaban J connectivity index is 1.42. The number of methoxy groups -OCH3 is 1. The number of nitrogens with zero attached hydrogens (tertiary/aromatic N) is 1. The van der Waals surface area contributed by atoms with Gasteiger partial charge in [0.1, 0.15) is 23.1 Å². The molecule has 1 saturated carbocycles. The van der Waals surface area contributed by atoms with Crippen molar-refractivity contribution in [1.29, 1.82) is 0 Å². The lowest BCUT2D eigenvalue weighted by Crippen LogP contribution is -2.54. The van der Waals surface area contributed by atoms with Crippen LogP contribution in [0.3, 0.4) is 0 Å². The molecule has 31 heavy (non-hydrogen) atoms. The molecule has 2 aromatic rings. The summed E-state index contributed by atoms with van der Waals surface area (Å²) in [5.41, 5.74) is 7.41. The Morgan fingerprint density at radius 2 is 2.19 bits per heavy atom. The van der Waals surface area contributed by atoms with E-state index in [4.69, 9.17) is 20.2 Å². The lowest BCUT2D eigenvalue weighted by Gasteiger charge is -2.48. The number of amidine groups is 1. The molecule has 4 atom stereocenters. The van der Waals surface area contributed by atoms with Crippen LogP contribution in [0.15, 0.2) is 51.9 Å². The monoisotopic (exact) mass is 501 g/mol. The maximum atomic E-state index is 12.9. The molecule has 0 radical (unpaired) electrons. The zero-order chi connectivity index (χ0) is 21.6. The zero-order valence-corrected chi connectivity index (χ0v) is 19.5. The van der Waals surface area contributed by atoms with Crippen molar-refractivity contribution in [2.45, 2.75) is 36.9 Å². The number of halogens is 1. The van der Waals surface area contributed by atoms with Gasteiger partial charge in [0, 0.05) is 33.3 Å². The van der Waals surface area contributed by atoms with Gasteiger partial charge in [-0.25, -0.2) is 4.99 Å². The molecule has 0 aromatic heterocycles. The number of aliphatic imine (C=N–C) groups is 1. The van der Waals surface area contributed by atoms with Crippen LogP contribution in [0, 0.1) is 5.92 Å². The van der Waals surface area contributed by atoms with Crippen molar-refractivity contribution >= 4 is 38.8 Å². The number of rotatable bonds is 3. The molecule has 1 spiro atoms. The van der Waals surface area contributed by atoms with E-state index in [0.29, 0.717) is 16.5 Å². The average Bonchev–Trinajstić information content (AvgIpc) is 3.17. The predicted octanol–water partition coefficient (Wildman–Crippen LogP) is 4.07. The first-order chi connectivity index (χ1) is 15.0. The van der Waals surface area contributed by atoms with Crippen LogP contribution in [0.5, 0.6) is 11.5 Å². The molecule has 2 heterocycles. The van der Waals surface area contributed by atoms with Crippen molar-refractivity contribution in [2.24, 2.45) is 16.6 Å². The van der Waals surface area contributed by atoms with Gasteiger partial charge in [-0.1, -0.05) is 33.8 Å². The SMILES string of the molecule is COc1cccc(C(=O)NC2CCC3Oc4ccc(Br)cc4C4(CSC(N)=N4)C3C2)c1. The fraction of sp³-hybridized carbons (Fsp3) is 0.391. The first-order valence-electron chi connectivity index (χ1n) is 10.4. The van der Waals surface area contributed by atoms with Crippen LogP contribution in [-0.4, -0.2) is 36.1 Å². The van der Waals surface area contributed by atoms with Crippen LogP contribution in [0.2, 0.25) is 0 Å². The molecule has 3 N–H and O–H groups in total. The van der Waals surface area contributed by atoms with E-state index in [0.717, 1.165) is 40.8 Å². The molecule has 3 aliphatic rings. The predicted molar refractivity (Wildman–Crippen MR) is 126 cm³/mol. The highest BCUT2D eigenvalue weighted by Crippen LogP contribution is 2.54. The maximum absolute atomic E-state index is 12.9. The van der Waals surface area contributed by atoms with Crippen molar-refractivity contribution < 1.29 is 14.3 Å². The largest absolute Gasteiger partial charge is 0.497 e. The van der Waals surface area contributed by atoms with Crippen LogP contribution in [0.4, 0.5) is 0 Å². The molecule has 2 aliphatic heterocycles. The molecule has 0 bridgehead atoms. The lowest BCUT2D eigenvalue weighted by molar-refractivity contribution is 0.0155. The van der Waals surface area contributed by atoms with Crippen molar-refractivity contribution in [3.8, 4) is 11.5 Å². The quantitative estimate of drug-likeness (QED) is 0.661. The van der Waals surface area contributed by atoms with E-state index < -0.39 is 5.54 Å².